The third-order valence-electron chi connectivity index (χ3n) is 2.74. The molecule has 0 radical (unpaired) electrons. The van der Waals surface area contributed by atoms with Crippen LogP contribution < -0.4 is 15.4 Å². The highest BCUT2D eigenvalue weighted by Crippen LogP contribution is 2.17. The number of nitrogens with one attached hydrogen (secondary N) is 2. The first-order valence-electron chi connectivity index (χ1n) is 6.88. The number of amides is 2. The molecule has 0 aliphatic heterocycles. The fourth-order valence-electron chi connectivity index (χ4n) is 1.69. The number of anilines is 1. The second kappa shape index (κ2) is 8.75. The Hall–Kier alpha value is -2.78. The van der Waals surface area contributed by atoms with E-state index in [-0.39, 0.29) is 18.9 Å². The Morgan fingerprint density at radius 3 is 2.75 bits per heavy atom. The molecule has 0 saturated heterocycles. The summed E-state index contributed by atoms with van der Waals surface area (Å²) in [6, 6.07) is 9.28. The molecule has 0 heterocycles. The molecule has 2 aromatic rings. The zero-order chi connectivity index (χ0) is 17.4. The number of halogens is 3. The molecule has 0 aliphatic carbocycles. The van der Waals surface area contributed by atoms with Gasteiger partial charge < -0.3 is 15.4 Å². The zero-order valence-electron chi connectivity index (χ0n) is 12.4. The van der Waals surface area contributed by atoms with E-state index in [0.717, 1.165) is 12.1 Å². The number of hydrogen-bond acceptors (Lipinski definition) is 2. The summed E-state index contributed by atoms with van der Waals surface area (Å²) in [6.45, 7) is 0.00179. The van der Waals surface area contributed by atoms with Crippen molar-refractivity contribution >= 4 is 23.3 Å². The highest BCUT2D eigenvalue weighted by atomic mass is 35.5. The van der Waals surface area contributed by atoms with Crippen LogP contribution in [0.2, 0.25) is 5.02 Å². The molecule has 0 unspecified atom stereocenters. The number of carbonyl (C=O) groups excluding carboxylic acids is 1. The molecule has 2 amide bonds. The van der Waals surface area contributed by atoms with Gasteiger partial charge in [0, 0.05) is 16.8 Å². The molecule has 24 heavy (non-hydrogen) atoms. The monoisotopic (exact) mass is 350 g/mol. The standard InChI is InChI=1S/C17H13ClF2N2O2/c18-12-4-3-5-14(10-12)22-17(23)21-8-1-2-9-24-16-7-6-13(19)11-15(16)20/h3-7,10-11H,8-9H2,(H2,21,22,23). The Morgan fingerprint density at radius 1 is 1.17 bits per heavy atom. The van der Waals surface area contributed by atoms with E-state index in [1.807, 2.05) is 0 Å². The van der Waals surface area contributed by atoms with Crippen molar-refractivity contribution in [2.45, 2.75) is 0 Å². The topological polar surface area (TPSA) is 50.4 Å². The van der Waals surface area contributed by atoms with Gasteiger partial charge in [0.15, 0.2) is 11.6 Å². The fourth-order valence-corrected chi connectivity index (χ4v) is 1.88. The number of benzene rings is 2. The summed E-state index contributed by atoms with van der Waals surface area (Å²) in [5.41, 5.74) is 0.558. The normalized spacial score (nSPS) is 9.62. The van der Waals surface area contributed by atoms with Crippen LogP contribution >= 0.6 is 11.6 Å². The average Bonchev–Trinajstić information content (AvgIpc) is 2.52. The average molecular weight is 351 g/mol. The Morgan fingerprint density at radius 2 is 2.00 bits per heavy atom. The number of ether oxygens (including phenoxy) is 1. The molecule has 7 heteroatoms. The molecule has 0 bridgehead atoms. The van der Waals surface area contributed by atoms with Gasteiger partial charge in [-0.25, -0.2) is 13.6 Å². The molecular formula is C17H13ClF2N2O2. The number of rotatable bonds is 4. The SMILES string of the molecule is O=C(NCC#CCOc1ccc(F)cc1F)Nc1cccc(Cl)c1. The van der Waals surface area contributed by atoms with Gasteiger partial charge in [-0.1, -0.05) is 29.5 Å². The van der Waals surface area contributed by atoms with E-state index in [9.17, 15) is 13.6 Å². The van der Waals surface area contributed by atoms with Crippen molar-refractivity contribution in [3.05, 3.63) is 59.1 Å². The molecule has 2 rings (SSSR count). The molecule has 2 N–H and O–H groups in total. The van der Waals surface area contributed by atoms with Crippen LogP contribution in [0.4, 0.5) is 19.3 Å². The van der Waals surface area contributed by atoms with E-state index in [1.54, 1.807) is 24.3 Å². The molecular weight excluding hydrogens is 338 g/mol. The lowest BCUT2D eigenvalue weighted by Crippen LogP contribution is -2.28. The summed E-state index contributed by atoms with van der Waals surface area (Å²) in [5.74, 6) is 3.69. The maximum absolute atomic E-state index is 13.3. The first-order chi connectivity index (χ1) is 11.5. The third-order valence-corrected chi connectivity index (χ3v) is 2.97. The smallest absolute Gasteiger partial charge is 0.319 e. The van der Waals surface area contributed by atoms with Crippen LogP contribution in [0.3, 0.4) is 0 Å². The summed E-state index contributed by atoms with van der Waals surface area (Å²) in [4.78, 5) is 11.6. The summed E-state index contributed by atoms with van der Waals surface area (Å²) in [6.07, 6.45) is 0. The Labute approximate surface area is 142 Å². The van der Waals surface area contributed by atoms with Gasteiger partial charge in [-0.15, -0.1) is 0 Å². The minimum Gasteiger partial charge on any atom is -0.478 e. The quantitative estimate of drug-likeness (QED) is 0.823. The summed E-state index contributed by atoms with van der Waals surface area (Å²) >= 11 is 5.80. The predicted molar refractivity (Wildman–Crippen MR) is 88.1 cm³/mol. The maximum atomic E-state index is 13.3. The lowest BCUT2D eigenvalue weighted by atomic mass is 10.3. The molecule has 0 aliphatic rings. The van der Waals surface area contributed by atoms with Crippen LogP contribution in [0.5, 0.6) is 5.75 Å². The van der Waals surface area contributed by atoms with Crippen LogP contribution in [0.1, 0.15) is 0 Å². The molecule has 0 aromatic heterocycles. The fraction of sp³-hybridized carbons (Fsp3) is 0.118. The molecule has 0 saturated carbocycles. The van der Waals surface area contributed by atoms with Crippen molar-refractivity contribution in [3.63, 3.8) is 0 Å². The number of urea groups is 1. The van der Waals surface area contributed by atoms with E-state index < -0.39 is 17.7 Å². The van der Waals surface area contributed by atoms with E-state index in [2.05, 4.69) is 22.5 Å². The Kier molecular flexibility index (Phi) is 6.41. The van der Waals surface area contributed by atoms with E-state index in [1.165, 1.54) is 6.07 Å². The molecule has 0 fully saturated rings. The van der Waals surface area contributed by atoms with Crippen molar-refractivity contribution in [1.82, 2.24) is 5.32 Å². The first kappa shape index (κ1) is 17.6. The second-order valence-electron chi connectivity index (χ2n) is 4.53. The molecule has 0 spiro atoms. The third kappa shape index (κ3) is 5.78. The zero-order valence-corrected chi connectivity index (χ0v) is 13.2. The minimum absolute atomic E-state index is 0.0832. The Bertz CT molecular complexity index is 788. The van der Waals surface area contributed by atoms with Gasteiger partial charge in [0.25, 0.3) is 0 Å². The van der Waals surface area contributed by atoms with Gasteiger partial charge in [0.05, 0.1) is 6.54 Å². The predicted octanol–water partition coefficient (Wildman–Crippen LogP) is 3.82. The van der Waals surface area contributed by atoms with Gasteiger partial charge in [0.1, 0.15) is 12.4 Å². The van der Waals surface area contributed by atoms with Crippen molar-refractivity contribution in [3.8, 4) is 17.6 Å². The minimum atomic E-state index is -0.796. The van der Waals surface area contributed by atoms with Gasteiger partial charge in [0.2, 0.25) is 0 Å². The number of hydrogen-bond donors (Lipinski definition) is 2. The van der Waals surface area contributed by atoms with Crippen LogP contribution in [-0.4, -0.2) is 19.2 Å². The molecule has 4 nitrogen and oxygen atoms in total. The van der Waals surface area contributed by atoms with E-state index in [0.29, 0.717) is 10.7 Å². The van der Waals surface area contributed by atoms with Crippen LogP contribution in [0.25, 0.3) is 0 Å². The molecule has 0 atom stereocenters. The van der Waals surface area contributed by atoms with Gasteiger partial charge in [-0.05, 0) is 30.3 Å². The van der Waals surface area contributed by atoms with E-state index >= 15 is 0 Å². The lowest BCUT2D eigenvalue weighted by molar-refractivity contribution is 0.253. The van der Waals surface area contributed by atoms with Gasteiger partial charge in [-0.3, -0.25) is 0 Å². The van der Waals surface area contributed by atoms with E-state index in [4.69, 9.17) is 16.3 Å². The van der Waals surface area contributed by atoms with Crippen molar-refractivity contribution in [1.29, 1.82) is 0 Å². The first-order valence-corrected chi connectivity index (χ1v) is 7.26. The highest BCUT2D eigenvalue weighted by Gasteiger charge is 2.03. The van der Waals surface area contributed by atoms with Crippen molar-refractivity contribution in [2.24, 2.45) is 0 Å². The summed E-state index contributed by atoms with van der Waals surface area (Å²) in [5, 5.41) is 5.63. The van der Waals surface area contributed by atoms with Crippen LogP contribution in [0.15, 0.2) is 42.5 Å². The number of carbonyl (C=O) groups is 1. The maximum Gasteiger partial charge on any atom is 0.319 e. The highest BCUT2D eigenvalue weighted by molar-refractivity contribution is 6.30. The van der Waals surface area contributed by atoms with Crippen molar-refractivity contribution < 1.29 is 18.3 Å². The van der Waals surface area contributed by atoms with Gasteiger partial charge in [-0.2, -0.15) is 0 Å². The molecule has 2 aromatic carbocycles. The largest absolute Gasteiger partial charge is 0.478 e. The van der Waals surface area contributed by atoms with Crippen molar-refractivity contribution in [2.75, 3.05) is 18.5 Å². The summed E-state index contributed by atoms with van der Waals surface area (Å²) in [7, 11) is 0. The summed E-state index contributed by atoms with van der Waals surface area (Å²) < 4.78 is 31.0. The second-order valence-corrected chi connectivity index (χ2v) is 4.97. The lowest BCUT2D eigenvalue weighted by Gasteiger charge is -2.05. The Balaban J connectivity index is 1.70. The van der Waals surface area contributed by atoms with Crippen LogP contribution in [-0.2, 0) is 0 Å². The van der Waals surface area contributed by atoms with Crippen LogP contribution in [0, 0.1) is 23.5 Å². The molecule has 124 valence electrons. The van der Waals surface area contributed by atoms with Gasteiger partial charge >= 0.3 is 6.03 Å².